The van der Waals surface area contributed by atoms with E-state index in [1.54, 1.807) is 36.7 Å². The molecule has 7 heteroatoms. The van der Waals surface area contributed by atoms with Crippen molar-refractivity contribution >= 4 is 17.6 Å². The van der Waals surface area contributed by atoms with Gasteiger partial charge in [-0.3, -0.25) is 4.98 Å². The predicted octanol–water partition coefficient (Wildman–Crippen LogP) is -0.135. The summed E-state index contributed by atoms with van der Waals surface area (Å²) in [5, 5.41) is 11.4. The van der Waals surface area contributed by atoms with E-state index in [2.05, 4.69) is 4.98 Å². The number of ether oxygens (including phenoxy) is 1. The average Bonchev–Trinajstić information content (AvgIpc) is 3.04. The summed E-state index contributed by atoms with van der Waals surface area (Å²) in [6.07, 6.45) is 3.79. The molecule has 0 saturated carbocycles. The van der Waals surface area contributed by atoms with Crippen molar-refractivity contribution in [2.75, 3.05) is 0 Å². The first-order valence-corrected chi connectivity index (χ1v) is 7.60. The SMILES string of the molecule is O=C([O-])c1ccc(Cc2cc(Cl)ccc2OCc2cccnc2)o1.[Na+]. The second-order valence-corrected chi connectivity index (χ2v) is 5.57. The molecule has 0 bridgehead atoms. The van der Waals surface area contributed by atoms with Gasteiger partial charge in [0.05, 0.1) is 0 Å². The molecule has 0 unspecified atom stereocenters. The summed E-state index contributed by atoms with van der Waals surface area (Å²) in [6.45, 7) is 0.366. The van der Waals surface area contributed by atoms with Gasteiger partial charge in [0, 0.05) is 35.0 Å². The fourth-order valence-electron chi connectivity index (χ4n) is 2.24. The number of carbonyl (C=O) groups is 1. The molecule has 5 nitrogen and oxygen atoms in total. The molecular formula is C18H13ClNNaO4. The van der Waals surface area contributed by atoms with Crippen LogP contribution in [0.5, 0.6) is 5.75 Å². The molecule has 0 aliphatic rings. The second-order valence-electron chi connectivity index (χ2n) is 5.13. The number of benzene rings is 1. The van der Waals surface area contributed by atoms with Gasteiger partial charge in [-0.05, 0) is 36.4 Å². The van der Waals surface area contributed by atoms with Gasteiger partial charge in [0.15, 0.2) is 0 Å². The Morgan fingerprint density at radius 2 is 2.08 bits per heavy atom. The van der Waals surface area contributed by atoms with E-state index in [4.69, 9.17) is 20.8 Å². The molecule has 0 aliphatic heterocycles. The van der Waals surface area contributed by atoms with E-state index in [0.29, 0.717) is 29.6 Å². The zero-order chi connectivity index (χ0) is 16.9. The Labute approximate surface area is 171 Å². The van der Waals surface area contributed by atoms with Crippen LogP contribution in [0.1, 0.15) is 27.4 Å². The molecule has 0 N–H and O–H groups in total. The Bertz CT molecular complexity index is 851. The molecule has 0 fully saturated rings. The van der Waals surface area contributed by atoms with E-state index in [1.807, 2.05) is 12.1 Å². The molecule has 25 heavy (non-hydrogen) atoms. The first kappa shape index (κ1) is 19.5. The Hall–Kier alpha value is -1.79. The standard InChI is InChI=1S/C18H14ClNO4.Na/c19-14-3-5-16(23-11-12-2-1-7-20-10-12)13(8-14)9-15-4-6-17(24-15)18(21)22;/h1-8,10H,9,11H2,(H,21,22);/q;+1/p-1. The van der Waals surface area contributed by atoms with Gasteiger partial charge in [0.25, 0.3) is 0 Å². The maximum Gasteiger partial charge on any atom is 1.00 e. The fraction of sp³-hybridized carbons (Fsp3) is 0.111. The number of carbonyl (C=O) groups excluding carboxylic acids is 1. The van der Waals surface area contributed by atoms with E-state index < -0.39 is 5.97 Å². The third-order valence-corrected chi connectivity index (χ3v) is 3.60. The summed E-state index contributed by atoms with van der Waals surface area (Å²) >= 11 is 6.06. The van der Waals surface area contributed by atoms with Crippen LogP contribution in [0.3, 0.4) is 0 Å². The topological polar surface area (TPSA) is 75.4 Å². The number of aromatic carboxylic acids is 1. The van der Waals surface area contributed by atoms with Gasteiger partial charge in [-0.2, -0.15) is 0 Å². The molecule has 3 rings (SSSR count). The van der Waals surface area contributed by atoms with Gasteiger partial charge in [0.2, 0.25) is 0 Å². The molecule has 0 aliphatic carbocycles. The van der Waals surface area contributed by atoms with Crippen molar-refractivity contribution in [3.63, 3.8) is 0 Å². The molecule has 122 valence electrons. The maximum absolute atomic E-state index is 10.8. The molecule has 1 aromatic carbocycles. The minimum Gasteiger partial charge on any atom is -0.542 e. The molecule has 0 saturated heterocycles. The number of hydrogen-bond donors (Lipinski definition) is 0. The van der Waals surface area contributed by atoms with Gasteiger partial charge >= 0.3 is 29.6 Å². The molecule has 3 aromatic rings. The van der Waals surface area contributed by atoms with E-state index in [0.717, 1.165) is 11.1 Å². The number of carboxylic acids is 1. The van der Waals surface area contributed by atoms with Crippen molar-refractivity contribution in [3.05, 3.63) is 82.5 Å². The summed E-state index contributed by atoms with van der Waals surface area (Å²) in [7, 11) is 0. The molecule has 2 heterocycles. The normalized spacial score (nSPS) is 10.1. The number of rotatable bonds is 6. The van der Waals surface area contributed by atoms with E-state index in [1.165, 1.54) is 6.07 Å². The van der Waals surface area contributed by atoms with Crippen molar-refractivity contribution in [2.45, 2.75) is 13.0 Å². The van der Waals surface area contributed by atoms with E-state index in [-0.39, 0.29) is 35.3 Å². The van der Waals surface area contributed by atoms with Crippen molar-refractivity contribution in [1.82, 2.24) is 4.98 Å². The summed E-state index contributed by atoms with van der Waals surface area (Å²) < 4.78 is 11.1. The average molecular weight is 366 g/mol. The zero-order valence-electron chi connectivity index (χ0n) is 13.6. The summed E-state index contributed by atoms with van der Waals surface area (Å²) in [6, 6.07) is 12.0. The van der Waals surface area contributed by atoms with Gasteiger partial charge in [-0.15, -0.1) is 0 Å². The first-order chi connectivity index (χ1) is 11.6. The van der Waals surface area contributed by atoms with Crippen molar-refractivity contribution in [2.24, 2.45) is 0 Å². The predicted molar refractivity (Wildman–Crippen MR) is 85.9 cm³/mol. The maximum atomic E-state index is 10.8. The van der Waals surface area contributed by atoms with Gasteiger partial charge in [-0.25, -0.2) is 0 Å². The van der Waals surface area contributed by atoms with Gasteiger partial charge in [0.1, 0.15) is 29.8 Å². The van der Waals surface area contributed by atoms with Crippen LogP contribution in [0.15, 0.2) is 59.3 Å². The minimum absolute atomic E-state index is 0. The molecule has 0 spiro atoms. The summed E-state index contributed by atoms with van der Waals surface area (Å²) in [5.74, 6) is -0.414. The van der Waals surface area contributed by atoms with Crippen molar-refractivity contribution < 1.29 is 48.6 Å². The Kier molecular flexibility index (Phi) is 7.08. The molecular weight excluding hydrogens is 353 g/mol. The molecule has 0 radical (unpaired) electrons. The number of pyridine rings is 1. The van der Waals surface area contributed by atoms with Crippen LogP contribution < -0.4 is 39.4 Å². The monoisotopic (exact) mass is 365 g/mol. The third-order valence-electron chi connectivity index (χ3n) is 3.37. The Balaban J connectivity index is 0.00000225. The fourth-order valence-corrected chi connectivity index (χ4v) is 2.44. The summed E-state index contributed by atoms with van der Waals surface area (Å²) in [4.78, 5) is 14.8. The first-order valence-electron chi connectivity index (χ1n) is 7.22. The number of halogens is 1. The number of furan rings is 1. The molecule has 0 amide bonds. The van der Waals surface area contributed by atoms with Crippen molar-refractivity contribution in [1.29, 1.82) is 0 Å². The second kappa shape index (κ2) is 9.06. The van der Waals surface area contributed by atoms with Crippen LogP contribution in [0, 0.1) is 0 Å². The quantitative estimate of drug-likeness (QED) is 0.569. The van der Waals surface area contributed by atoms with Gasteiger partial charge < -0.3 is 19.1 Å². The van der Waals surface area contributed by atoms with Crippen LogP contribution in [-0.4, -0.2) is 11.0 Å². The summed E-state index contributed by atoms with van der Waals surface area (Å²) in [5.41, 5.74) is 1.74. The van der Waals surface area contributed by atoms with Crippen LogP contribution in [0.4, 0.5) is 0 Å². The minimum atomic E-state index is -1.35. The molecule has 2 aromatic heterocycles. The van der Waals surface area contributed by atoms with Crippen molar-refractivity contribution in [3.8, 4) is 5.75 Å². The zero-order valence-corrected chi connectivity index (χ0v) is 16.3. The van der Waals surface area contributed by atoms with Crippen LogP contribution in [-0.2, 0) is 13.0 Å². The number of hydrogen-bond acceptors (Lipinski definition) is 5. The smallest absolute Gasteiger partial charge is 0.542 e. The van der Waals surface area contributed by atoms with Gasteiger partial charge in [-0.1, -0.05) is 17.7 Å². The van der Waals surface area contributed by atoms with Crippen LogP contribution in [0.2, 0.25) is 5.02 Å². The largest absolute Gasteiger partial charge is 1.00 e. The number of aromatic nitrogens is 1. The third kappa shape index (κ3) is 5.34. The van der Waals surface area contributed by atoms with Crippen LogP contribution in [0.25, 0.3) is 0 Å². The number of nitrogens with zero attached hydrogens (tertiary/aromatic N) is 1. The Morgan fingerprint density at radius 1 is 1.24 bits per heavy atom. The molecule has 0 atom stereocenters. The van der Waals surface area contributed by atoms with E-state index in [9.17, 15) is 9.90 Å². The Morgan fingerprint density at radius 3 is 2.76 bits per heavy atom. The van der Waals surface area contributed by atoms with E-state index >= 15 is 0 Å². The van der Waals surface area contributed by atoms with Crippen LogP contribution >= 0.6 is 11.6 Å². The number of carboxylic acid groups (broad SMARTS) is 1.